The van der Waals surface area contributed by atoms with Crippen LogP contribution in [0.2, 0.25) is 0 Å². The summed E-state index contributed by atoms with van der Waals surface area (Å²) in [6.07, 6.45) is 3.76. The summed E-state index contributed by atoms with van der Waals surface area (Å²) in [7, 11) is -3.34. The minimum atomic E-state index is -3.34. The lowest BCUT2D eigenvalue weighted by atomic mass is 10.1. The molecule has 120 valence electrons. The molecule has 0 aliphatic rings. The van der Waals surface area contributed by atoms with E-state index in [2.05, 4.69) is 10.1 Å². The third kappa shape index (κ3) is 2.85. The lowest BCUT2D eigenvalue weighted by Gasteiger charge is -2.04. The zero-order valence-corrected chi connectivity index (χ0v) is 13.4. The molecule has 0 bridgehead atoms. The largest absolute Gasteiger partial charge is 0.493 e. The fourth-order valence-corrected chi connectivity index (χ4v) is 2.75. The molecule has 0 aliphatic heterocycles. The first kappa shape index (κ1) is 15.7. The molecule has 2 aromatic heterocycles. The number of sulfone groups is 1. The third-order valence-electron chi connectivity index (χ3n) is 3.41. The summed E-state index contributed by atoms with van der Waals surface area (Å²) in [6.45, 7) is 0. The lowest BCUT2D eigenvalue weighted by Crippen LogP contribution is -2.02. The summed E-state index contributed by atoms with van der Waals surface area (Å²) in [6, 6.07) is 11.7. The van der Waals surface area contributed by atoms with E-state index < -0.39 is 9.84 Å². The van der Waals surface area contributed by atoms with E-state index in [9.17, 15) is 13.5 Å². The zero-order chi connectivity index (χ0) is 17.3. The van der Waals surface area contributed by atoms with Gasteiger partial charge in [0.15, 0.2) is 15.7 Å². The molecule has 0 fully saturated rings. The van der Waals surface area contributed by atoms with Crippen molar-refractivity contribution < 1.29 is 13.5 Å². The molecule has 0 saturated carbocycles. The van der Waals surface area contributed by atoms with Crippen LogP contribution in [0.5, 0.6) is 5.88 Å². The monoisotopic (exact) mass is 340 g/mol. The Balaban J connectivity index is 2.03. The van der Waals surface area contributed by atoms with Gasteiger partial charge in [-0.15, -0.1) is 0 Å². The van der Waals surface area contributed by atoms with Crippen LogP contribution in [0.4, 0.5) is 0 Å². The normalized spacial score (nSPS) is 11.2. The van der Waals surface area contributed by atoms with Crippen LogP contribution in [0.1, 0.15) is 5.56 Å². The van der Waals surface area contributed by atoms with Crippen molar-refractivity contribution in [3.63, 3.8) is 0 Å². The van der Waals surface area contributed by atoms with E-state index in [0.29, 0.717) is 16.7 Å². The minimum absolute atomic E-state index is 0.0832. The summed E-state index contributed by atoms with van der Waals surface area (Å²) in [5, 5.41) is 23.4. The van der Waals surface area contributed by atoms with Crippen molar-refractivity contribution in [3.05, 3.63) is 54.4 Å². The van der Waals surface area contributed by atoms with Crippen molar-refractivity contribution in [1.29, 1.82) is 5.26 Å². The standard InChI is InChI=1S/C16H12N4O3S/c1-24(22,23)13-5-6-15(18-9-13)20-16(21)14(10-19-20)12-4-2-3-11(7-12)8-17/h2-7,9-10,21H,1H3. The first-order valence-corrected chi connectivity index (χ1v) is 8.73. The highest BCUT2D eigenvalue weighted by Crippen LogP contribution is 2.30. The molecule has 7 nitrogen and oxygen atoms in total. The van der Waals surface area contributed by atoms with Gasteiger partial charge in [0.2, 0.25) is 5.88 Å². The highest BCUT2D eigenvalue weighted by atomic mass is 32.2. The molecule has 0 saturated heterocycles. The molecule has 0 radical (unpaired) electrons. The minimum Gasteiger partial charge on any atom is -0.493 e. The quantitative estimate of drug-likeness (QED) is 0.780. The highest BCUT2D eigenvalue weighted by molar-refractivity contribution is 7.90. The molecular weight excluding hydrogens is 328 g/mol. The Morgan fingerprint density at radius 3 is 2.62 bits per heavy atom. The number of nitriles is 1. The number of hydrogen-bond acceptors (Lipinski definition) is 6. The average molecular weight is 340 g/mol. The second kappa shape index (κ2) is 5.79. The average Bonchev–Trinajstić information content (AvgIpc) is 2.96. The molecule has 2 heterocycles. The third-order valence-corrected chi connectivity index (χ3v) is 4.51. The Labute approximate surface area is 138 Å². The molecule has 0 spiro atoms. The number of hydrogen-bond donors (Lipinski definition) is 1. The maximum Gasteiger partial charge on any atom is 0.223 e. The van der Waals surface area contributed by atoms with Gasteiger partial charge in [0.05, 0.1) is 28.3 Å². The van der Waals surface area contributed by atoms with Gasteiger partial charge >= 0.3 is 0 Å². The zero-order valence-electron chi connectivity index (χ0n) is 12.6. The van der Waals surface area contributed by atoms with E-state index >= 15 is 0 Å². The summed E-state index contributed by atoms with van der Waals surface area (Å²) in [4.78, 5) is 4.11. The molecule has 0 amide bonds. The van der Waals surface area contributed by atoms with Crippen molar-refractivity contribution >= 4 is 9.84 Å². The van der Waals surface area contributed by atoms with Crippen LogP contribution in [0, 0.1) is 11.3 Å². The van der Waals surface area contributed by atoms with E-state index in [1.165, 1.54) is 29.2 Å². The number of aromatic nitrogens is 3. The molecule has 3 aromatic rings. The van der Waals surface area contributed by atoms with Crippen LogP contribution < -0.4 is 0 Å². The van der Waals surface area contributed by atoms with Gasteiger partial charge in [0, 0.05) is 12.5 Å². The lowest BCUT2D eigenvalue weighted by molar-refractivity contribution is 0.433. The van der Waals surface area contributed by atoms with Crippen LogP contribution in [0.15, 0.2) is 53.7 Å². The van der Waals surface area contributed by atoms with E-state index in [-0.39, 0.29) is 16.6 Å². The second-order valence-electron chi connectivity index (χ2n) is 5.11. The van der Waals surface area contributed by atoms with Gasteiger partial charge in [0.25, 0.3) is 0 Å². The van der Waals surface area contributed by atoms with Crippen molar-refractivity contribution in [2.75, 3.05) is 6.26 Å². The Morgan fingerprint density at radius 1 is 1.21 bits per heavy atom. The summed E-state index contributed by atoms with van der Waals surface area (Å²) >= 11 is 0. The molecular formula is C16H12N4O3S. The van der Waals surface area contributed by atoms with Gasteiger partial charge in [-0.3, -0.25) is 0 Å². The smallest absolute Gasteiger partial charge is 0.223 e. The van der Waals surface area contributed by atoms with E-state index in [1.54, 1.807) is 24.3 Å². The molecule has 8 heteroatoms. The molecule has 0 aliphatic carbocycles. The number of rotatable bonds is 3. The van der Waals surface area contributed by atoms with Crippen molar-refractivity contribution in [1.82, 2.24) is 14.8 Å². The van der Waals surface area contributed by atoms with Crippen LogP contribution >= 0.6 is 0 Å². The predicted molar refractivity (Wildman–Crippen MR) is 86.3 cm³/mol. The van der Waals surface area contributed by atoms with Gasteiger partial charge < -0.3 is 5.11 Å². The number of benzene rings is 1. The van der Waals surface area contributed by atoms with Crippen LogP contribution in [0.25, 0.3) is 16.9 Å². The highest BCUT2D eigenvalue weighted by Gasteiger charge is 2.15. The van der Waals surface area contributed by atoms with E-state index in [0.717, 1.165) is 6.26 Å². The Hall–Kier alpha value is -3.18. The summed E-state index contributed by atoms with van der Waals surface area (Å²) < 4.78 is 24.1. The van der Waals surface area contributed by atoms with Crippen LogP contribution in [0.3, 0.4) is 0 Å². The fraction of sp³-hybridized carbons (Fsp3) is 0.0625. The van der Waals surface area contributed by atoms with Gasteiger partial charge in [-0.25, -0.2) is 13.4 Å². The molecule has 3 rings (SSSR count). The van der Waals surface area contributed by atoms with E-state index in [4.69, 9.17) is 5.26 Å². The van der Waals surface area contributed by atoms with Crippen molar-refractivity contribution in [2.45, 2.75) is 4.90 Å². The predicted octanol–water partition coefficient (Wildman–Crippen LogP) is 1.92. The van der Waals surface area contributed by atoms with Gasteiger partial charge in [-0.1, -0.05) is 12.1 Å². The first-order valence-electron chi connectivity index (χ1n) is 6.84. The fourth-order valence-electron chi connectivity index (χ4n) is 2.19. The Bertz CT molecular complexity index is 1050. The number of nitrogens with zero attached hydrogens (tertiary/aromatic N) is 4. The van der Waals surface area contributed by atoms with E-state index in [1.807, 2.05) is 6.07 Å². The van der Waals surface area contributed by atoms with Crippen LogP contribution in [-0.2, 0) is 9.84 Å². The maximum atomic E-state index is 11.5. The molecule has 1 aromatic carbocycles. The topological polar surface area (TPSA) is 109 Å². The Kier molecular flexibility index (Phi) is 3.79. The van der Waals surface area contributed by atoms with Crippen LogP contribution in [-0.4, -0.2) is 34.5 Å². The molecule has 0 atom stereocenters. The van der Waals surface area contributed by atoms with Crippen molar-refractivity contribution in [2.24, 2.45) is 0 Å². The first-order chi connectivity index (χ1) is 11.4. The summed E-state index contributed by atoms with van der Waals surface area (Å²) in [5.74, 6) is 0.132. The number of pyridine rings is 1. The molecule has 1 N–H and O–H groups in total. The van der Waals surface area contributed by atoms with Crippen molar-refractivity contribution in [3.8, 4) is 28.9 Å². The van der Waals surface area contributed by atoms with Gasteiger partial charge in [-0.05, 0) is 29.8 Å². The van der Waals surface area contributed by atoms with Gasteiger partial charge in [-0.2, -0.15) is 15.0 Å². The van der Waals surface area contributed by atoms with Gasteiger partial charge in [0.1, 0.15) is 0 Å². The number of aromatic hydroxyl groups is 1. The SMILES string of the molecule is CS(=O)(=O)c1ccc(-n2ncc(-c3cccc(C#N)c3)c2O)nc1. The molecule has 24 heavy (non-hydrogen) atoms. The maximum absolute atomic E-state index is 11.5. The second-order valence-corrected chi connectivity index (χ2v) is 7.13. The summed E-state index contributed by atoms with van der Waals surface area (Å²) in [5.41, 5.74) is 1.56. The Morgan fingerprint density at radius 2 is 2.00 bits per heavy atom. The molecule has 0 unspecified atom stereocenters.